The Morgan fingerprint density at radius 1 is 1.00 bits per heavy atom. The fraction of sp³-hybridized carbons (Fsp3) is 0.158. The van der Waals surface area contributed by atoms with E-state index in [0.717, 1.165) is 11.3 Å². The molecule has 0 spiro atoms. The molecule has 0 fully saturated rings. The summed E-state index contributed by atoms with van der Waals surface area (Å²) < 4.78 is 41.7. The summed E-state index contributed by atoms with van der Waals surface area (Å²) in [6, 6.07) is 13.5. The van der Waals surface area contributed by atoms with E-state index < -0.39 is 12.1 Å². The molecule has 0 amide bonds. The van der Waals surface area contributed by atoms with Crippen molar-refractivity contribution in [1.29, 1.82) is 0 Å². The molecule has 25 heavy (non-hydrogen) atoms. The van der Waals surface area contributed by atoms with Crippen molar-refractivity contribution in [3.8, 4) is 5.69 Å². The van der Waals surface area contributed by atoms with E-state index in [4.69, 9.17) is 0 Å². The van der Waals surface area contributed by atoms with Crippen LogP contribution in [0.1, 0.15) is 22.6 Å². The second-order valence-electron chi connectivity index (χ2n) is 5.72. The van der Waals surface area contributed by atoms with Crippen LogP contribution in [0.25, 0.3) is 11.8 Å². The first-order chi connectivity index (χ1) is 11.9. The third kappa shape index (κ3) is 4.15. The smallest absolute Gasteiger partial charge is 0.223 e. The number of hydrogen-bond acceptors (Lipinski definition) is 2. The maximum atomic E-state index is 13.4. The molecule has 3 rings (SSSR count). The lowest BCUT2D eigenvalue weighted by Gasteiger charge is -2.17. The van der Waals surface area contributed by atoms with Crippen molar-refractivity contribution in [1.82, 2.24) is 14.8 Å². The highest BCUT2D eigenvalue weighted by atomic mass is 19.4. The summed E-state index contributed by atoms with van der Waals surface area (Å²) in [6.45, 7) is 1.85. The molecule has 0 aliphatic rings. The number of benzene rings is 2. The van der Waals surface area contributed by atoms with Crippen molar-refractivity contribution in [3.05, 3.63) is 84.0 Å². The molecular weight excluding hydrogens is 327 g/mol. The van der Waals surface area contributed by atoms with Gasteiger partial charge in [-0.25, -0.2) is 9.67 Å². The van der Waals surface area contributed by atoms with Gasteiger partial charge in [-0.1, -0.05) is 54.1 Å². The number of allylic oxidation sites excluding steroid dienone is 1. The third-order valence-electron chi connectivity index (χ3n) is 3.85. The van der Waals surface area contributed by atoms with Gasteiger partial charge in [0.15, 0.2) is 0 Å². The number of nitrogens with zero attached hydrogens (tertiary/aromatic N) is 3. The zero-order valence-electron chi connectivity index (χ0n) is 13.5. The Bertz CT molecular complexity index is 833. The van der Waals surface area contributed by atoms with Crippen LogP contribution in [-0.4, -0.2) is 20.9 Å². The maximum absolute atomic E-state index is 13.4. The molecule has 1 heterocycles. The second-order valence-corrected chi connectivity index (χ2v) is 5.72. The highest BCUT2D eigenvalue weighted by Crippen LogP contribution is 2.36. The van der Waals surface area contributed by atoms with Crippen molar-refractivity contribution in [2.75, 3.05) is 0 Å². The van der Waals surface area contributed by atoms with E-state index in [1.165, 1.54) is 30.6 Å². The summed E-state index contributed by atoms with van der Waals surface area (Å²) in [5.41, 5.74) is 2.64. The van der Waals surface area contributed by atoms with E-state index in [1.54, 1.807) is 47.4 Å². The molecule has 0 aliphatic carbocycles. The largest absolute Gasteiger partial charge is 0.399 e. The Balaban J connectivity index is 1.83. The summed E-state index contributed by atoms with van der Waals surface area (Å²) in [5.74, 6) is -1.64. The molecule has 0 radical (unpaired) electrons. The Kier molecular flexibility index (Phi) is 4.70. The average molecular weight is 343 g/mol. The molecule has 1 unspecified atom stereocenters. The maximum Gasteiger partial charge on any atom is 0.399 e. The Labute approximate surface area is 143 Å². The molecule has 128 valence electrons. The Morgan fingerprint density at radius 3 is 2.24 bits per heavy atom. The zero-order valence-corrected chi connectivity index (χ0v) is 13.5. The zero-order chi connectivity index (χ0) is 17.9. The highest BCUT2D eigenvalue weighted by Gasteiger charge is 2.38. The number of halogens is 3. The number of hydrogen-bond donors (Lipinski definition) is 0. The molecule has 2 aromatic carbocycles. The molecule has 0 N–H and O–H groups in total. The van der Waals surface area contributed by atoms with Crippen LogP contribution in [0.4, 0.5) is 13.2 Å². The molecule has 3 aromatic rings. The summed E-state index contributed by atoms with van der Waals surface area (Å²) in [5, 5.41) is 4.01. The van der Waals surface area contributed by atoms with Crippen molar-refractivity contribution in [3.63, 3.8) is 0 Å². The van der Waals surface area contributed by atoms with E-state index in [1.807, 2.05) is 6.92 Å². The van der Waals surface area contributed by atoms with Crippen molar-refractivity contribution in [2.45, 2.75) is 19.0 Å². The summed E-state index contributed by atoms with van der Waals surface area (Å²) >= 11 is 0. The molecule has 1 atom stereocenters. The number of aromatic nitrogens is 3. The van der Waals surface area contributed by atoms with Gasteiger partial charge in [0, 0.05) is 0 Å². The van der Waals surface area contributed by atoms with E-state index in [-0.39, 0.29) is 5.56 Å². The lowest BCUT2D eigenvalue weighted by Crippen LogP contribution is -2.18. The van der Waals surface area contributed by atoms with Crippen LogP contribution in [0.15, 0.2) is 67.3 Å². The molecule has 0 bridgehead atoms. The van der Waals surface area contributed by atoms with Gasteiger partial charge in [-0.3, -0.25) is 0 Å². The van der Waals surface area contributed by atoms with Crippen LogP contribution in [0.5, 0.6) is 0 Å². The monoisotopic (exact) mass is 343 g/mol. The van der Waals surface area contributed by atoms with Crippen LogP contribution >= 0.6 is 0 Å². The lowest BCUT2D eigenvalue weighted by molar-refractivity contribution is -0.139. The summed E-state index contributed by atoms with van der Waals surface area (Å²) in [4.78, 5) is 3.86. The lowest BCUT2D eigenvalue weighted by atomic mass is 9.96. The van der Waals surface area contributed by atoms with Crippen molar-refractivity contribution >= 4 is 6.08 Å². The molecule has 0 saturated carbocycles. The first-order valence-electron chi connectivity index (χ1n) is 7.70. The first kappa shape index (κ1) is 17.0. The topological polar surface area (TPSA) is 30.7 Å². The second kappa shape index (κ2) is 6.93. The van der Waals surface area contributed by atoms with Crippen LogP contribution in [-0.2, 0) is 0 Å². The predicted octanol–water partition coefficient (Wildman–Crippen LogP) is 4.94. The summed E-state index contributed by atoms with van der Waals surface area (Å²) in [6.07, 6.45) is 1.32. The Hall–Kier alpha value is -2.89. The van der Waals surface area contributed by atoms with E-state index in [2.05, 4.69) is 10.1 Å². The van der Waals surface area contributed by atoms with Gasteiger partial charge in [0.2, 0.25) is 0 Å². The number of rotatable bonds is 4. The van der Waals surface area contributed by atoms with Crippen LogP contribution in [0, 0.1) is 6.92 Å². The Morgan fingerprint density at radius 2 is 1.68 bits per heavy atom. The first-order valence-corrected chi connectivity index (χ1v) is 7.70. The minimum atomic E-state index is -4.34. The van der Waals surface area contributed by atoms with Gasteiger partial charge in [-0.15, -0.1) is 0 Å². The highest BCUT2D eigenvalue weighted by molar-refractivity contribution is 5.53. The van der Waals surface area contributed by atoms with Gasteiger partial charge in [-0.2, -0.15) is 18.3 Å². The minimum absolute atomic E-state index is 0.230. The fourth-order valence-electron chi connectivity index (χ4n) is 2.47. The molecule has 6 heteroatoms. The van der Waals surface area contributed by atoms with E-state index in [9.17, 15) is 13.2 Å². The molecule has 0 saturated heterocycles. The quantitative estimate of drug-likeness (QED) is 0.672. The van der Waals surface area contributed by atoms with Crippen molar-refractivity contribution in [2.24, 2.45) is 0 Å². The van der Waals surface area contributed by atoms with Gasteiger partial charge in [0.25, 0.3) is 0 Å². The van der Waals surface area contributed by atoms with Gasteiger partial charge >= 0.3 is 6.18 Å². The predicted molar refractivity (Wildman–Crippen MR) is 90.4 cm³/mol. The van der Waals surface area contributed by atoms with Crippen LogP contribution in [0.2, 0.25) is 0 Å². The summed E-state index contributed by atoms with van der Waals surface area (Å²) in [7, 11) is 0. The number of alkyl halides is 3. The van der Waals surface area contributed by atoms with Gasteiger partial charge in [-0.05, 0) is 30.2 Å². The fourth-order valence-corrected chi connectivity index (χ4v) is 2.47. The molecule has 3 nitrogen and oxygen atoms in total. The minimum Gasteiger partial charge on any atom is -0.223 e. The molecule has 1 aromatic heterocycles. The van der Waals surface area contributed by atoms with Gasteiger partial charge in [0.1, 0.15) is 12.7 Å². The van der Waals surface area contributed by atoms with Gasteiger partial charge < -0.3 is 0 Å². The average Bonchev–Trinajstić information content (AvgIpc) is 3.11. The van der Waals surface area contributed by atoms with E-state index in [0.29, 0.717) is 5.56 Å². The van der Waals surface area contributed by atoms with Crippen molar-refractivity contribution < 1.29 is 13.2 Å². The SMILES string of the molecule is Cc1ccc(C(C=Cc2ccc(-n3cncn3)cc2)C(F)(F)F)cc1. The van der Waals surface area contributed by atoms with Crippen LogP contribution < -0.4 is 0 Å². The third-order valence-corrected chi connectivity index (χ3v) is 3.85. The van der Waals surface area contributed by atoms with E-state index >= 15 is 0 Å². The molecular formula is C19H16F3N3. The molecule has 0 aliphatic heterocycles. The van der Waals surface area contributed by atoms with Crippen LogP contribution in [0.3, 0.4) is 0 Å². The standard InChI is InChI=1S/C19H16F3N3/c1-14-2-7-16(8-3-14)18(19(20,21)22)11-6-15-4-9-17(10-5-15)25-13-23-12-24-25/h2-13,18H,1H3. The normalized spacial score (nSPS) is 13.3. The number of aryl methyl sites for hydroxylation is 1. The van der Waals surface area contributed by atoms with Gasteiger partial charge in [0.05, 0.1) is 11.6 Å².